The van der Waals surface area contributed by atoms with Gasteiger partial charge >= 0.3 is 0 Å². The number of hydrogen-bond acceptors (Lipinski definition) is 2. The molecular weight excluding hydrogens is 347 g/mol. The Bertz CT molecular complexity index is 892. The molecule has 3 heteroatoms. The molecule has 2 aromatic rings. The van der Waals surface area contributed by atoms with Crippen LogP contribution in [0.2, 0.25) is 0 Å². The molecule has 2 aromatic carbocycles. The molecule has 0 N–H and O–H groups in total. The van der Waals surface area contributed by atoms with Gasteiger partial charge in [0.05, 0.1) is 11.2 Å². The van der Waals surface area contributed by atoms with E-state index in [1.165, 1.54) is 24.0 Å². The maximum atomic E-state index is 14.8. The van der Waals surface area contributed by atoms with E-state index in [1.54, 1.807) is 12.3 Å². The molecular formula is C25H31FN2. The second-order valence-electron chi connectivity index (χ2n) is 8.14. The van der Waals surface area contributed by atoms with Gasteiger partial charge in [0.15, 0.2) is 0 Å². The van der Waals surface area contributed by atoms with Crippen molar-refractivity contribution < 1.29 is 4.39 Å². The van der Waals surface area contributed by atoms with Crippen molar-refractivity contribution in [3.8, 4) is 0 Å². The van der Waals surface area contributed by atoms with E-state index >= 15 is 0 Å². The van der Waals surface area contributed by atoms with Gasteiger partial charge in [0.1, 0.15) is 5.82 Å². The van der Waals surface area contributed by atoms with Crippen LogP contribution >= 0.6 is 0 Å². The molecule has 148 valence electrons. The van der Waals surface area contributed by atoms with Gasteiger partial charge in [-0.15, -0.1) is 0 Å². The van der Waals surface area contributed by atoms with Crippen LogP contribution in [0.4, 0.5) is 15.8 Å². The molecule has 0 aliphatic carbocycles. The average Bonchev–Trinajstić information content (AvgIpc) is 2.65. The van der Waals surface area contributed by atoms with Crippen LogP contribution in [-0.4, -0.2) is 18.3 Å². The minimum atomic E-state index is -0.231. The Kier molecular flexibility index (Phi) is 6.02. The monoisotopic (exact) mass is 378 g/mol. The SMILES string of the molecule is CCCCc1ccc(N=Cc2cc3c(cc2F)N(CC)C(C)(C)C=C3C)cc1. The lowest BCUT2D eigenvalue weighted by atomic mass is 9.88. The Morgan fingerprint density at radius 2 is 1.82 bits per heavy atom. The fourth-order valence-electron chi connectivity index (χ4n) is 4.07. The highest BCUT2D eigenvalue weighted by atomic mass is 19.1. The van der Waals surface area contributed by atoms with Gasteiger partial charge in [-0.25, -0.2) is 4.39 Å². The zero-order valence-corrected chi connectivity index (χ0v) is 17.7. The molecule has 0 aromatic heterocycles. The van der Waals surface area contributed by atoms with Gasteiger partial charge in [0, 0.05) is 29.6 Å². The number of rotatable bonds is 6. The molecule has 0 saturated heterocycles. The Hall–Kier alpha value is -2.42. The third-order valence-corrected chi connectivity index (χ3v) is 5.52. The van der Waals surface area contributed by atoms with Crippen LogP contribution in [-0.2, 0) is 6.42 Å². The highest BCUT2D eigenvalue weighted by molar-refractivity contribution is 5.89. The largest absolute Gasteiger partial charge is 0.363 e. The van der Waals surface area contributed by atoms with Crippen molar-refractivity contribution in [1.82, 2.24) is 0 Å². The summed E-state index contributed by atoms with van der Waals surface area (Å²) in [5.74, 6) is -0.231. The second-order valence-corrected chi connectivity index (χ2v) is 8.14. The standard InChI is InChI=1S/C25H31FN2/c1-6-8-9-19-10-12-21(13-11-19)27-17-20-14-22-18(3)16-25(4,5)28(7-2)24(22)15-23(20)26/h10-17H,6-9H2,1-5H3. The van der Waals surface area contributed by atoms with Gasteiger partial charge < -0.3 is 4.90 Å². The van der Waals surface area contributed by atoms with Gasteiger partial charge in [-0.2, -0.15) is 0 Å². The third-order valence-electron chi connectivity index (χ3n) is 5.52. The number of halogens is 1. The van der Waals surface area contributed by atoms with Crippen LogP contribution in [0.3, 0.4) is 0 Å². The van der Waals surface area contributed by atoms with Crippen molar-refractivity contribution >= 4 is 23.2 Å². The normalized spacial score (nSPS) is 15.6. The first kappa shape index (κ1) is 20.3. The number of anilines is 1. The number of likely N-dealkylation sites (N-methyl/N-ethyl adjacent to an activating group) is 1. The van der Waals surface area contributed by atoms with Gasteiger partial charge in [-0.1, -0.05) is 31.6 Å². The summed E-state index contributed by atoms with van der Waals surface area (Å²) in [6, 6.07) is 11.8. The Morgan fingerprint density at radius 3 is 2.46 bits per heavy atom. The van der Waals surface area contributed by atoms with E-state index in [9.17, 15) is 4.39 Å². The predicted molar refractivity (Wildman–Crippen MR) is 119 cm³/mol. The Balaban J connectivity index is 1.88. The van der Waals surface area contributed by atoms with Crippen LogP contribution in [0.15, 0.2) is 47.5 Å². The van der Waals surface area contributed by atoms with E-state index in [0.29, 0.717) is 5.56 Å². The lowest BCUT2D eigenvalue weighted by molar-refractivity contribution is 0.561. The number of fused-ring (bicyclic) bond motifs is 1. The van der Waals surface area contributed by atoms with Gasteiger partial charge in [-0.05, 0) is 75.9 Å². The molecule has 2 nitrogen and oxygen atoms in total. The van der Waals surface area contributed by atoms with E-state index in [4.69, 9.17) is 0 Å². The van der Waals surface area contributed by atoms with Crippen molar-refractivity contribution in [3.05, 3.63) is 65.0 Å². The number of aliphatic imine (C=N–C) groups is 1. The molecule has 0 unspecified atom stereocenters. The number of unbranched alkanes of at least 4 members (excludes halogenated alkanes) is 1. The number of allylic oxidation sites excluding steroid dienone is 1. The molecule has 0 fully saturated rings. The van der Waals surface area contributed by atoms with E-state index in [2.05, 4.69) is 62.7 Å². The van der Waals surface area contributed by atoms with Crippen LogP contribution in [0.5, 0.6) is 0 Å². The molecule has 0 amide bonds. The van der Waals surface area contributed by atoms with Crippen LogP contribution in [0.25, 0.3) is 5.57 Å². The van der Waals surface area contributed by atoms with Crippen molar-refractivity contribution in [2.45, 2.75) is 59.4 Å². The molecule has 0 saturated carbocycles. The quantitative estimate of drug-likeness (QED) is 0.497. The molecule has 1 aliphatic rings. The lowest BCUT2D eigenvalue weighted by Gasteiger charge is -2.42. The molecule has 0 atom stereocenters. The highest BCUT2D eigenvalue weighted by Gasteiger charge is 2.30. The number of benzene rings is 2. The Labute approximate surface area is 168 Å². The lowest BCUT2D eigenvalue weighted by Crippen LogP contribution is -2.45. The summed E-state index contributed by atoms with van der Waals surface area (Å²) in [5.41, 5.74) is 5.80. The second kappa shape index (κ2) is 8.30. The molecule has 0 radical (unpaired) electrons. The molecule has 1 heterocycles. The summed E-state index contributed by atoms with van der Waals surface area (Å²) in [5, 5.41) is 0. The number of hydrogen-bond donors (Lipinski definition) is 0. The minimum Gasteiger partial charge on any atom is -0.363 e. The Morgan fingerprint density at radius 1 is 1.11 bits per heavy atom. The maximum Gasteiger partial charge on any atom is 0.134 e. The molecule has 28 heavy (non-hydrogen) atoms. The maximum absolute atomic E-state index is 14.8. The summed E-state index contributed by atoms with van der Waals surface area (Å²) in [6.07, 6.45) is 7.38. The van der Waals surface area contributed by atoms with Crippen LogP contribution in [0.1, 0.15) is 64.2 Å². The summed E-state index contributed by atoms with van der Waals surface area (Å²) >= 11 is 0. The summed E-state index contributed by atoms with van der Waals surface area (Å²) in [4.78, 5) is 6.75. The zero-order valence-electron chi connectivity index (χ0n) is 17.7. The number of aryl methyl sites for hydroxylation is 1. The van der Waals surface area contributed by atoms with E-state index in [0.717, 1.165) is 29.9 Å². The van der Waals surface area contributed by atoms with Crippen molar-refractivity contribution in [2.24, 2.45) is 4.99 Å². The van der Waals surface area contributed by atoms with Crippen molar-refractivity contribution in [1.29, 1.82) is 0 Å². The number of nitrogens with zero attached hydrogens (tertiary/aromatic N) is 2. The fourth-order valence-corrected chi connectivity index (χ4v) is 4.07. The molecule has 0 bridgehead atoms. The van der Waals surface area contributed by atoms with Gasteiger partial charge in [0.2, 0.25) is 0 Å². The molecule has 0 spiro atoms. The van der Waals surface area contributed by atoms with Crippen LogP contribution < -0.4 is 4.90 Å². The summed E-state index contributed by atoms with van der Waals surface area (Å²) in [6.45, 7) is 11.6. The van der Waals surface area contributed by atoms with E-state index in [-0.39, 0.29) is 11.4 Å². The van der Waals surface area contributed by atoms with Crippen molar-refractivity contribution in [3.63, 3.8) is 0 Å². The first-order valence-electron chi connectivity index (χ1n) is 10.3. The van der Waals surface area contributed by atoms with Gasteiger partial charge in [-0.3, -0.25) is 4.99 Å². The molecule has 1 aliphatic heterocycles. The smallest absolute Gasteiger partial charge is 0.134 e. The third kappa shape index (κ3) is 4.19. The first-order valence-corrected chi connectivity index (χ1v) is 10.3. The highest BCUT2D eigenvalue weighted by Crippen LogP contribution is 2.39. The first-order chi connectivity index (χ1) is 13.4. The summed E-state index contributed by atoms with van der Waals surface area (Å²) < 4.78 is 14.8. The van der Waals surface area contributed by atoms with Crippen LogP contribution in [0, 0.1) is 5.82 Å². The molecule has 3 rings (SSSR count). The summed E-state index contributed by atoms with van der Waals surface area (Å²) in [7, 11) is 0. The van der Waals surface area contributed by atoms with E-state index in [1.807, 2.05) is 18.2 Å². The zero-order chi connectivity index (χ0) is 20.3. The van der Waals surface area contributed by atoms with E-state index < -0.39 is 0 Å². The minimum absolute atomic E-state index is 0.118. The topological polar surface area (TPSA) is 15.6 Å². The van der Waals surface area contributed by atoms with Crippen molar-refractivity contribution in [2.75, 3.05) is 11.4 Å². The predicted octanol–water partition coefficient (Wildman–Crippen LogP) is 6.94. The average molecular weight is 379 g/mol. The van der Waals surface area contributed by atoms with Gasteiger partial charge in [0.25, 0.3) is 0 Å². The fraction of sp³-hybridized carbons (Fsp3) is 0.400.